The highest BCUT2D eigenvalue weighted by Crippen LogP contribution is 2.51. The normalized spacial score (nSPS) is 23.1. The van der Waals surface area contributed by atoms with Crippen molar-refractivity contribution >= 4 is 0 Å². The monoisotopic (exact) mass is 499 g/mol. The molecule has 0 aliphatic carbocycles. The van der Waals surface area contributed by atoms with Gasteiger partial charge in [-0.2, -0.15) is 0 Å². The minimum Gasteiger partial charge on any atom is -0.492 e. The van der Waals surface area contributed by atoms with Crippen LogP contribution in [0.5, 0.6) is 34.5 Å². The van der Waals surface area contributed by atoms with E-state index in [2.05, 4.69) is 9.80 Å². The van der Waals surface area contributed by atoms with Gasteiger partial charge in [0.15, 0.2) is 23.0 Å². The van der Waals surface area contributed by atoms with E-state index in [0.717, 1.165) is 48.2 Å². The Bertz CT molecular complexity index is 1150. The van der Waals surface area contributed by atoms with E-state index in [1.54, 1.807) is 14.2 Å². The summed E-state index contributed by atoms with van der Waals surface area (Å²) in [5.74, 6) is 2.70. The predicted octanol–water partition coefficient (Wildman–Crippen LogP) is 2.22. The van der Waals surface area contributed by atoms with Crippen molar-refractivity contribution in [2.24, 2.45) is 0 Å². The lowest BCUT2D eigenvalue weighted by Crippen LogP contribution is -2.51. The maximum atomic E-state index is 12.3. The summed E-state index contributed by atoms with van der Waals surface area (Å²) >= 11 is 0. The minimum absolute atomic E-state index is 0.370. The van der Waals surface area contributed by atoms with Crippen LogP contribution >= 0.6 is 0 Å². The molecular formula is C25H29N3O8. The Balaban J connectivity index is 1.30. The third-order valence-corrected chi connectivity index (χ3v) is 7.34. The van der Waals surface area contributed by atoms with Crippen LogP contribution in [0, 0.1) is 10.1 Å². The van der Waals surface area contributed by atoms with Crippen molar-refractivity contribution < 1.29 is 33.3 Å². The van der Waals surface area contributed by atoms with E-state index in [4.69, 9.17) is 28.4 Å². The van der Waals surface area contributed by atoms with Crippen LogP contribution in [0.25, 0.3) is 0 Å². The van der Waals surface area contributed by atoms with Gasteiger partial charge in [-0.3, -0.25) is 10.1 Å². The minimum atomic E-state index is -1.46. The Morgan fingerprint density at radius 3 is 1.69 bits per heavy atom. The molecule has 0 bridgehead atoms. The summed E-state index contributed by atoms with van der Waals surface area (Å²) in [6.45, 7) is 3.20. The number of hydrogen-bond donors (Lipinski definition) is 0. The van der Waals surface area contributed by atoms with Gasteiger partial charge in [0.25, 0.3) is 0 Å². The fraction of sp³-hybridized carbons (Fsp3) is 0.520. The molecule has 11 heteroatoms. The molecule has 0 radical (unpaired) electrons. The molecule has 0 aromatic heterocycles. The first kappa shape index (κ1) is 23.0. The van der Waals surface area contributed by atoms with Crippen molar-refractivity contribution in [2.75, 3.05) is 41.4 Å². The van der Waals surface area contributed by atoms with Gasteiger partial charge in [-0.1, -0.05) is 0 Å². The Labute approximate surface area is 208 Å². The molecule has 2 aromatic rings. The van der Waals surface area contributed by atoms with E-state index in [9.17, 15) is 10.1 Å². The summed E-state index contributed by atoms with van der Waals surface area (Å²) in [5, 5.41) is 12.3. The second-order valence-corrected chi connectivity index (χ2v) is 9.71. The number of hydrogen-bond acceptors (Lipinski definition) is 10. The molecule has 2 aromatic carbocycles. The number of nitrogens with zero attached hydrogens (tertiary/aromatic N) is 3. The van der Waals surface area contributed by atoms with Crippen molar-refractivity contribution in [3.63, 3.8) is 0 Å². The van der Waals surface area contributed by atoms with E-state index in [0.29, 0.717) is 47.6 Å². The number of fused-ring (bicyclic) bond motifs is 4. The van der Waals surface area contributed by atoms with Gasteiger partial charge in [0.05, 0.1) is 14.2 Å². The first-order chi connectivity index (χ1) is 17.4. The molecule has 0 fully saturated rings. The zero-order valence-electron chi connectivity index (χ0n) is 20.7. The van der Waals surface area contributed by atoms with E-state index in [1.165, 1.54) is 0 Å². The maximum absolute atomic E-state index is 12.3. The Hall–Kier alpha value is -3.44. The third-order valence-electron chi connectivity index (χ3n) is 7.34. The fourth-order valence-corrected chi connectivity index (χ4v) is 5.49. The summed E-state index contributed by atoms with van der Waals surface area (Å²) in [6, 6.07) is 2.34. The SMILES string of the molecule is COc1c2c(cc3c1OC(C(C1Oc4cc5c(c(OC)c4O1)CN(C)CC5)[N+](=O)[O-])O3)CCN(C)C2. The van der Waals surface area contributed by atoms with E-state index >= 15 is 0 Å². The van der Waals surface area contributed by atoms with Gasteiger partial charge in [0.1, 0.15) is 0 Å². The number of ether oxygens (including phenoxy) is 6. The molecule has 2 atom stereocenters. The molecule has 0 N–H and O–H groups in total. The van der Waals surface area contributed by atoms with Gasteiger partial charge in [-0.05, 0) is 50.2 Å². The number of rotatable bonds is 5. The molecule has 6 rings (SSSR count). The van der Waals surface area contributed by atoms with Crippen molar-refractivity contribution in [3.8, 4) is 34.5 Å². The van der Waals surface area contributed by atoms with Gasteiger partial charge in [0.2, 0.25) is 11.5 Å². The lowest BCUT2D eigenvalue weighted by atomic mass is 9.98. The van der Waals surface area contributed by atoms with Gasteiger partial charge in [-0.15, -0.1) is 0 Å². The van der Waals surface area contributed by atoms with Gasteiger partial charge < -0.3 is 38.2 Å². The molecule has 11 nitrogen and oxygen atoms in total. The lowest BCUT2D eigenvalue weighted by Gasteiger charge is -2.26. The summed E-state index contributed by atoms with van der Waals surface area (Å²) in [4.78, 5) is 16.2. The number of benzene rings is 2. The third kappa shape index (κ3) is 3.56. The average molecular weight is 500 g/mol. The smallest absolute Gasteiger partial charge is 0.357 e. The summed E-state index contributed by atoms with van der Waals surface area (Å²) < 4.78 is 35.4. The molecule has 4 heterocycles. The average Bonchev–Trinajstić information content (AvgIpc) is 3.44. The van der Waals surface area contributed by atoms with Crippen molar-refractivity contribution in [3.05, 3.63) is 44.5 Å². The van der Waals surface area contributed by atoms with Crippen LogP contribution in [0.1, 0.15) is 22.3 Å². The summed E-state index contributed by atoms with van der Waals surface area (Å²) in [7, 11) is 7.21. The summed E-state index contributed by atoms with van der Waals surface area (Å²) in [6.07, 6.45) is -0.856. The zero-order valence-corrected chi connectivity index (χ0v) is 20.7. The van der Waals surface area contributed by atoms with Crippen molar-refractivity contribution in [1.82, 2.24) is 9.80 Å². The highest BCUT2D eigenvalue weighted by molar-refractivity contribution is 5.62. The highest BCUT2D eigenvalue weighted by atomic mass is 16.8. The second kappa shape index (κ2) is 8.59. The number of nitro groups is 1. The zero-order chi connectivity index (χ0) is 25.1. The lowest BCUT2D eigenvalue weighted by molar-refractivity contribution is -0.558. The molecule has 4 aliphatic heterocycles. The topological polar surface area (TPSA) is 105 Å². The van der Waals surface area contributed by atoms with Crippen LogP contribution < -0.4 is 28.4 Å². The quantitative estimate of drug-likeness (QED) is 0.449. The van der Waals surface area contributed by atoms with E-state index in [1.807, 2.05) is 26.2 Å². The van der Waals surface area contributed by atoms with Crippen LogP contribution in [-0.4, -0.2) is 74.7 Å². The number of methoxy groups -OCH3 is 2. The van der Waals surface area contributed by atoms with Crippen LogP contribution in [0.15, 0.2) is 12.1 Å². The molecule has 0 saturated heterocycles. The molecule has 36 heavy (non-hydrogen) atoms. The maximum Gasteiger partial charge on any atom is 0.357 e. The standard InChI is InChI=1S/C25H29N3O8/c1-26-7-5-13-9-17-22(20(31-3)15(13)11-26)35-24(33-17)19(28(29)30)25-34-18-10-14-6-8-27(2)12-16(14)21(32-4)23(18)36-25/h9-10,19,24-25H,5-8,11-12H2,1-4H3. The van der Waals surface area contributed by atoms with Crippen LogP contribution in [-0.2, 0) is 25.9 Å². The molecule has 0 saturated carbocycles. The van der Waals surface area contributed by atoms with Gasteiger partial charge >= 0.3 is 18.6 Å². The molecule has 4 aliphatic rings. The Kier molecular flexibility index (Phi) is 5.49. The molecule has 2 unspecified atom stereocenters. The summed E-state index contributed by atoms with van der Waals surface area (Å²) in [5.41, 5.74) is 4.19. The van der Waals surface area contributed by atoms with E-state index < -0.39 is 23.5 Å². The van der Waals surface area contributed by atoms with Gasteiger partial charge in [0, 0.05) is 42.2 Å². The molecule has 0 amide bonds. The fourth-order valence-electron chi connectivity index (χ4n) is 5.49. The van der Waals surface area contributed by atoms with Gasteiger partial charge in [-0.25, -0.2) is 0 Å². The Morgan fingerprint density at radius 2 is 1.31 bits per heavy atom. The highest BCUT2D eigenvalue weighted by Gasteiger charge is 2.53. The van der Waals surface area contributed by atoms with Crippen LogP contribution in [0.3, 0.4) is 0 Å². The number of likely N-dealkylation sites (N-methyl/N-ethyl adjacent to an activating group) is 2. The van der Waals surface area contributed by atoms with Crippen LogP contribution in [0.4, 0.5) is 0 Å². The Morgan fingerprint density at radius 1 is 0.861 bits per heavy atom. The van der Waals surface area contributed by atoms with Crippen molar-refractivity contribution in [2.45, 2.75) is 44.6 Å². The molecule has 192 valence electrons. The molecule has 0 spiro atoms. The molecular weight excluding hydrogens is 470 g/mol. The first-order valence-corrected chi connectivity index (χ1v) is 12.0. The largest absolute Gasteiger partial charge is 0.492 e. The first-order valence-electron chi connectivity index (χ1n) is 12.0. The predicted molar refractivity (Wildman–Crippen MR) is 127 cm³/mol. The van der Waals surface area contributed by atoms with Crippen LogP contribution in [0.2, 0.25) is 0 Å². The van der Waals surface area contributed by atoms with E-state index in [-0.39, 0.29) is 0 Å². The second-order valence-electron chi connectivity index (χ2n) is 9.71. The van der Waals surface area contributed by atoms with Crippen molar-refractivity contribution in [1.29, 1.82) is 0 Å².